The molecule has 0 amide bonds. The Balaban J connectivity index is 0.00000210. The Kier molecular flexibility index (Phi) is 8.18. The summed E-state index contributed by atoms with van der Waals surface area (Å²) in [5.74, 6) is 0.363. The number of methoxy groups -OCH3 is 2. The van der Waals surface area contributed by atoms with Crippen LogP contribution in [0.25, 0.3) is 16.2 Å². The number of fused-ring (bicyclic) bond motifs is 1. The van der Waals surface area contributed by atoms with Gasteiger partial charge in [0, 0.05) is 17.6 Å². The van der Waals surface area contributed by atoms with Crippen LogP contribution in [-0.2, 0) is 0 Å². The molecule has 0 radical (unpaired) electrons. The minimum absolute atomic E-state index is 0. The molecule has 3 aromatic rings. The molecule has 14 heteroatoms. The van der Waals surface area contributed by atoms with E-state index in [4.69, 9.17) is 20.9 Å². The van der Waals surface area contributed by atoms with Gasteiger partial charge in [-0.05, 0) is 0 Å². The highest BCUT2D eigenvalue weighted by Gasteiger charge is 2.25. The van der Waals surface area contributed by atoms with Crippen molar-refractivity contribution in [1.29, 1.82) is 0 Å². The second kappa shape index (κ2) is 9.91. The van der Waals surface area contributed by atoms with Crippen LogP contribution in [0.15, 0.2) is 33.9 Å². The van der Waals surface area contributed by atoms with Gasteiger partial charge in [-0.25, -0.2) is 4.98 Å². The number of ether oxygens (including phenoxy) is 2. The second-order valence-corrected chi connectivity index (χ2v) is 6.03. The number of nitro benzene ring substituents is 1. The van der Waals surface area contributed by atoms with E-state index in [2.05, 4.69) is 15.2 Å². The third-order valence-corrected chi connectivity index (χ3v) is 4.36. The Hall–Kier alpha value is -3.09. The molecule has 2 aromatic heterocycles. The predicted octanol–water partition coefficient (Wildman–Crippen LogP) is 2.44. The number of rotatable bonds is 6. The van der Waals surface area contributed by atoms with Crippen LogP contribution in [0.2, 0.25) is 0 Å². The lowest BCUT2D eigenvalue weighted by molar-refractivity contribution is -0.384. The van der Waals surface area contributed by atoms with Crippen molar-refractivity contribution in [2.75, 3.05) is 14.2 Å². The summed E-state index contributed by atoms with van der Waals surface area (Å²) < 4.78 is 12.2. The van der Waals surface area contributed by atoms with Gasteiger partial charge in [-0.2, -0.15) is 5.10 Å². The molecule has 0 aliphatic rings. The zero-order valence-corrected chi connectivity index (χ0v) is 17.6. The molecule has 156 valence electrons. The van der Waals surface area contributed by atoms with Gasteiger partial charge in [0.2, 0.25) is 5.96 Å². The summed E-state index contributed by atoms with van der Waals surface area (Å²) in [5, 5.41) is 20.8. The van der Waals surface area contributed by atoms with Gasteiger partial charge in [-0.15, -0.1) is 41.3 Å². The van der Waals surface area contributed by atoms with Gasteiger partial charge in [0.25, 0.3) is 5.69 Å². The molecule has 0 bridgehead atoms. The Bertz CT molecular complexity index is 1080. The highest BCUT2D eigenvalue weighted by Crippen LogP contribution is 2.40. The molecule has 2 heterocycles. The van der Waals surface area contributed by atoms with Gasteiger partial charge >= 0.3 is 0 Å². The number of imidazole rings is 1. The fourth-order valence-corrected chi connectivity index (χ4v) is 3.21. The lowest BCUT2D eigenvalue weighted by atomic mass is 10.1. The van der Waals surface area contributed by atoms with Crippen LogP contribution in [-0.4, -0.2) is 40.7 Å². The highest BCUT2D eigenvalue weighted by molar-refractivity contribution is 7.15. The van der Waals surface area contributed by atoms with E-state index in [1.54, 1.807) is 10.6 Å². The van der Waals surface area contributed by atoms with Gasteiger partial charge in [0.15, 0.2) is 16.5 Å². The highest BCUT2D eigenvalue weighted by atomic mass is 35.5. The molecule has 0 fully saturated rings. The van der Waals surface area contributed by atoms with Crippen LogP contribution in [0.1, 0.15) is 5.69 Å². The monoisotopic (exact) mass is 461 g/mol. The first-order chi connectivity index (χ1) is 13.0. The van der Waals surface area contributed by atoms with Gasteiger partial charge in [0.05, 0.1) is 42.7 Å². The van der Waals surface area contributed by atoms with Crippen molar-refractivity contribution in [3.05, 3.63) is 39.5 Å². The van der Waals surface area contributed by atoms with E-state index in [-0.39, 0.29) is 47.8 Å². The van der Waals surface area contributed by atoms with Crippen LogP contribution < -0.4 is 20.9 Å². The van der Waals surface area contributed by atoms with E-state index in [0.29, 0.717) is 22.1 Å². The standard InChI is InChI=1S/C15H15N7O4S.2ClH/c1-25-11-5-8(9(22(23)24)6-12(11)26-2)13-10(7-18-20-14(16)17)21-3-4-27-15(21)19-13;;/h3-7H,1-2H3,(H4,16,17,20);2*1H/b18-7+;;. The van der Waals surface area contributed by atoms with E-state index in [1.165, 1.54) is 43.9 Å². The van der Waals surface area contributed by atoms with E-state index in [0.717, 1.165) is 0 Å². The Morgan fingerprint density at radius 2 is 1.93 bits per heavy atom. The second-order valence-electron chi connectivity index (χ2n) is 5.15. The third kappa shape index (κ3) is 4.67. The number of aromatic nitrogens is 2. The van der Waals surface area contributed by atoms with E-state index < -0.39 is 4.92 Å². The summed E-state index contributed by atoms with van der Waals surface area (Å²) in [4.78, 5) is 16.2. The van der Waals surface area contributed by atoms with Gasteiger partial charge < -0.3 is 20.9 Å². The van der Waals surface area contributed by atoms with Crippen LogP contribution in [0.3, 0.4) is 0 Å². The van der Waals surface area contributed by atoms with Crippen molar-refractivity contribution >= 4 is 59.0 Å². The maximum Gasteiger partial charge on any atom is 0.282 e. The zero-order chi connectivity index (χ0) is 19.6. The zero-order valence-electron chi connectivity index (χ0n) is 15.1. The molecule has 3 rings (SSSR count). The molecular formula is C15H17Cl2N7O4S. The van der Waals surface area contributed by atoms with Crippen molar-refractivity contribution in [1.82, 2.24) is 9.38 Å². The van der Waals surface area contributed by atoms with Crippen molar-refractivity contribution in [2.45, 2.75) is 0 Å². The van der Waals surface area contributed by atoms with Crippen molar-refractivity contribution in [2.24, 2.45) is 21.7 Å². The Labute approximate surface area is 181 Å². The van der Waals surface area contributed by atoms with E-state index in [1.807, 2.05) is 5.38 Å². The SMILES string of the molecule is COc1cc(-c2nc3sccn3c2/C=N/N=C(N)N)c([N+](=O)[O-])cc1OC.Cl.Cl. The maximum atomic E-state index is 11.6. The summed E-state index contributed by atoms with van der Waals surface area (Å²) in [6.45, 7) is 0. The average Bonchev–Trinajstić information content (AvgIpc) is 3.22. The number of guanidine groups is 1. The smallest absolute Gasteiger partial charge is 0.282 e. The molecule has 1 aromatic carbocycles. The third-order valence-electron chi connectivity index (χ3n) is 3.61. The minimum atomic E-state index is -0.512. The summed E-state index contributed by atoms with van der Waals surface area (Å²) in [5.41, 5.74) is 11.4. The number of thiazole rings is 1. The summed E-state index contributed by atoms with van der Waals surface area (Å²) >= 11 is 1.37. The number of hydrogen-bond acceptors (Lipinski definition) is 8. The normalized spacial score (nSPS) is 10.3. The van der Waals surface area contributed by atoms with Crippen LogP contribution in [0.4, 0.5) is 5.69 Å². The number of nitrogens with zero attached hydrogens (tertiary/aromatic N) is 5. The fourth-order valence-electron chi connectivity index (χ4n) is 2.48. The van der Waals surface area contributed by atoms with Crippen LogP contribution in [0.5, 0.6) is 11.5 Å². The van der Waals surface area contributed by atoms with Crippen LogP contribution >= 0.6 is 36.2 Å². The van der Waals surface area contributed by atoms with Crippen LogP contribution in [0, 0.1) is 10.1 Å². The molecule has 0 aliphatic carbocycles. The predicted molar refractivity (Wildman–Crippen MR) is 116 cm³/mol. The number of benzene rings is 1. The largest absolute Gasteiger partial charge is 0.493 e. The molecule has 11 nitrogen and oxygen atoms in total. The minimum Gasteiger partial charge on any atom is -0.493 e. The molecule has 0 atom stereocenters. The Morgan fingerprint density at radius 3 is 2.52 bits per heavy atom. The molecule has 0 saturated carbocycles. The van der Waals surface area contributed by atoms with E-state index >= 15 is 0 Å². The van der Waals surface area contributed by atoms with Gasteiger partial charge in [0.1, 0.15) is 5.69 Å². The van der Waals surface area contributed by atoms with Gasteiger partial charge in [-0.1, -0.05) is 0 Å². The number of halogens is 2. The molecule has 0 spiro atoms. The number of nitro groups is 1. The summed E-state index contributed by atoms with van der Waals surface area (Å²) in [6.07, 6.45) is 3.14. The molecule has 29 heavy (non-hydrogen) atoms. The molecule has 0 saturated heterocycles. The number of hydrogen-bond donors (Lipinski definition) is 2. The van der Waals surface area contributed by atoms with E-state index in [9.17, 15) is 10.1 Å². The summed E-state index contributed by atoms with van der Waals surface area (Å²) in [6, 6.07) is 2.79. The van der Waals surface area contributed by atoms with Crippen molar-refractivity contribution < 1.29 is 14.4 Å². The molecule has 0 unspecified atom stereocenters. The molecular weight excluding hydrogens is 445 g/mol. The summed E-state index contributed by atoms with van der Waals surface area (Å²) in [7, 11) is 2.85. The van der Waals surface area contributed by atoms with Crippen molar-refractivity contribution in [3.63, 3.8) is 0 Å². The first-order valence-corrected chi connectivity index (χ1v) is 8.32. The lowest BCUT2D eigenvalue weighted by Gasteiger charge is -2.10. The van der Waals surface area contributed by atoms with Gasteiger partial charge in [-0.3, -0.25) is 14.5 Å². The lowest BCUT2D eigenvalue weighted by Crippen LogP contribution is -2.21. The van der Waals surface area contributed by atoms with Crippen molar-refractivity contribution in [3.8, 4) is 22.8 Å². The first-order valence-electron chi connectivity index (χ1n) is 7.44. The molecule has 0 aliphatic heterocycles. The fraction of sp³-hybridized carbons (Fsp3) is 0.133. The average molecular weight is 462 g/mol. The quantitative estimate of drug-likeness (QED) is 0.247. The maximum absolute atomic E-state index is 11.6. The number of nitrogens with two attached hydrogens (primary N) is 2. The Morgan fingerprint density at radius 1 is 1.28 bits per heavy atom. The first kappa shape index (κ1) is 23.9. The topological polar surface area (TPSA) is 156 Å². The molecule has 4 N–H and O–H groups in total.